The molecule has 1 atom stereocenters. The SMILES string of the molecule is CCNC(=O)c1ccc(N)cc1NCC(C)(O)CC. The zero-order valence-electron chi connectivity index (χ0n) is 11.8. The highest BCUT2D eigenvalue weighted by Gasteiger charge is 2.18. The minimum atomic E-state index is -0.816. The van der Waals surface area contributed by atoms with Crippen LogP contribution in [0.15, 0.2) is 18.2 Å². The van der Waals surface area contributed by atoms with E-state index in [0.717, 1.165) is 0 Å². The second-order valence-corrected chi connectivity index (χ2v) is 4.87. The molecule has 5 N–H and O–H groups in total. The first kappa shape index (κ1) is 15.3. The lowest BCUT2D eigenvalue weighted by atomic mass is 10.0. The van der Waals surface area contributed by atoms with Crippen molar-refractivity contribution < 1.29 is 9.90 Å². The minimum absolute atomic E-state index is 0.152. The van der Waals surface area contributed by atoms with Crippen molar-refractivity contribution in [3.8, 4) is 0 Å². The molecule has 5 nitrogen and oxygen atoms in total. The third kappa shape index (κ3) is 4.44. The second kappa shape index (κ2) is 6.43. The number of amides is 1. The van der Waals surface area contributed by atoms with E-state index in [0.29, 0.717) is 36.4 Å². The zero-order valence-corrected chi connectivity index (χ0v) is 11.8. The zero-order chi connectivity index (χ0) is 14.5. The van der Waals surface area contributed by atoms with Crippen molar-refractivity contribution in [2.75, 3.05) is 24.1 Å². The summed E-state index contributed by atoms with van der Waals surface area (Å²) >= 11 is 0. The Morgan fingerprint density at radius 2 is 2.11 bits per heavy atom. The molecule has 0 saturated carbocycles. The first-order valence-corrected chi connectivity index (χ1v) is 6.53. The van der Waals surface area contributed by atoms with Crippen molar-refractivity contribution in [2.45, 2.75) is 32.8 Å². The van der Waals surface area contributed by atoms with E-state index in [-0.39, 0.29) is 5.91 Å². The van der Waals surface area contributed by atoms with E-state index in [9.17, 15) is 9.90 Å². The molecule has 19 heavy (non-hydrogen) atoms. The van der Waals surface area contributed by atoms with Crippen LogP contribution in [0.3, 0.4) is 0 Å². The van der Waals surface area contributed by atoms with E-state index in [1.165, 1.54) is 0 Å². The molecule has 106 valence electrons. The number of rotatable bonds is 6. The number of nitrogens with one attached hydrogen (secondary N) is 2. The van der Waals surface area contributed by atoms with Gasteiger partial charge >= 0.3 is 0 Å². The number of carbonyl (C=O) groups excluding carboxylic acids is 1. The number of carbonyl (C=O) groups is 1. The minimum Gasteiger partial charge on any atom is -0.399 e. The highest BCUT2D eigenvalue weighted by molar-refractivity contribution is 6.00. The fourth-order valence-corrected chi connectivity index (χ4v) is 1.57. The van der Waals surface area contributed by atoms with Crippen molar-refractivity contribution in [2.24, 2.45) is 0 Å². The molecule has 1 aromatic rings. The van der Waals surface area contributed by atoms with Gasteiger partial charge in [-0.3, -0.25) is 4.79 Å². The summed E-state index contributed by atoms with van der Waals surface area (Å²) in [7, 11) is 0. The lowest BCUT2D eigenvalue weighted by Gasteiger charge is -2.23. The third-order valence-electron chi connectivity index (χ3n) is 3.05. The van der Waals surface area contributed by atoms with Crippen molar-refractivity contribution in [3.05, 3.63) is 23.8 Å². The van der Waals surface area contributed by atoms with Gasteiger partial charge in [-0.15, -0.1) is 0 Å². The molecule has 1 rings (SSSR count). The smallest absolute Gasteiger partial charge is 0.253 e. The summed E-state index contributed by atoms with van der Waals surface area (Å²) in [6.07, 6.45) is 0.624. The van der Waals surface area contributed by atoms with Gasteiger partial charge in [0.25, 0.3) is 5.91 Å². The van der Waals surface area contributed by atoms with Crippen LogP contribution in [0.4, 0.5) is 11.4 Å². The fraction of sp³-hybridized carbons (Fsp3) is 0.500. The summed E-state index contributed by atoms with van der Waals surface area (Å²) in [6, 6.07) is 5.08. The van der Waals surface area contributed by atoms with E-state index in [2.05, 4.69) is 10.6 Å². The van der Waals surface area contributed by atoms with Gasteiger partial charge < -0.3 is 21.5 Å². The van der Waals surface area contributed by atoms with Crippen molar-refractivity contribution >= 4 is 17.3 Å². The lowest BCUT2D eigenvalue weighted by Crippen LogP contribution is -2.33. The number of hydrogen-bond donors (Lipinski definition) is 4. The lowest BCUT2D eigenvalue weighted by molar-refractivity contribution is 0.0696. The normalized spacial score (nSPS) is 13.7. The van der Waals surface area contributed by atoms with Crippen LogP contribution in [0.1, 0.15) is 37.6 Å². The maximum Gasteiger partial charge on any atom is 0.253 e. The number of benzene rings is 1. The van der Waals surface area contributed by atoms with Gasteiger partial charge in [-0.2, -0.15) is 0 Å². The molecule has 5 heteroatoms. The van der Waals surface area contributed by atoms with Gasteiger partial charge in [-0.05, 0) is 38.5 Å². The Labute approximate surface area is 114 Å². The van der Waals surface area contributed by atoms with Crippen LogP contribution in [0.2, 0.25) is 0 Å². The number of aliphatic hydroxyl groups is 1. The summed E-state index contributed by atoms with van der Waals surface area (Å²) < 4.78 is 0. The molecule has 0 saturated heterocycles. The fourth-order valence-electron chi connectivity index (χ4n) is 1.57. The van der Waals surface area contributed by atoms with Gasteiger partial charge in [0.1, 0.15) is 0 Å². The van der Waals surface area contributed by atoms with Crippen LogP contribution >= 0.6 is 0 Å². The van der Waals surface area contributed by atoms with Crippen LogP contribution in [0.5, 0.6) is 0 Å². The first-order chi connectivity index (χ1) is 8.89. The molecule has 0 spiro atoms. The molecular weight excluding hydrogens is 242 g/mol. The first-order valence-electron chi connectivity index (χ1n) is 6.53. The molecule has 0 aliphatic carbocycles. The molecule has 0 fully saturated rings. The number of nitrogen functional groups attached to an aromatic ring is 1. The highest BCUT2D eigenvalue weighted by Crippen LogP contribution is 2.20. The molecule has 0 radical (unpaired) electrons. The quantitative estimate of drug-likeness (QED) is 0.588. The predicted octanol–water partition coefficient (Wildman–Crippen LogP) is 1.59. The summed E-state index contributed by atoms with van der Waals surface area (Å²) in [4.78, 5) is 11.9. The maximum atomic E-state index is 11.9. The van der Waals surface area contributed by atoms with Gasteiger partial charge in [0.05, 0.1) is 11.2 Å². The van der Waals surface area contributed by atoms with E-state index < -0.39 is 5.60 Å². The van der Waals surface area contributed by atoms with Gasteiger partial charge in [-0.1, -0.05) is 6.92 Å². The Morgan fingerprint density at radius 3 is 2.68 bits per heavy atom. The topological polar surface area (TPSA) is 87.4 Å². The van der Waals surface area contributed by atoms with Gasteiger partial charge in [0.2, 0.25) is 0 Å². The molecular formula is C14H23N3O2. The third-order valence-corrected chi connectivity index (χ3v) is 3.05. The number of nitrogens with two attached hydrogens (primary N) is 1. The van der Waals surface area contributed by atoms with Crippen molar-refractivity contribution in [1.29, 1.82) is 0 Å². The average molecular weight is 265 g/mol. The van der Waals surface area contributed by atoms with Crippen LogP contribution in [0, 0.1) is 0 Å². The number of anilines is 2. The number of hydrogen-bond acceptors (Lipinski definition) is 4. The van der Waals surface area contributed by atoms with Crippen molar-refractivity contribution in [1.82, 2.24) is 5.32 Å². The summed E-state index contributed by atoms with van der Waals surface area (Å²) in [5, 5.41) is 15.8. The van der Waals surface area contributed by atoms with Crippen molar-refractivity contribution in [3.63, 3.8) is 0 Å². The Balaban J connectivity index is 2.91. The second-order valence-electron chi connectivity index (χ2n) is 4.87. The standard InChI is InChI=1S/C14H23N3O2/c1-4-14(3,19)9-17-12-8-10(15)6-7-11(12)13(18)16-5-2/h6-8,17,19H,4-5,9,15H2,1-3H3,(H,16,18). The van der Waals surface area contributed by atoms with E-state index in [1.54, 1.807) is 25.1 Å². The Bertz CT molecular complexity index is 444. The molecule has 0 aliphatic rings. The highest BCUT2D eigenvalue weighted by atomic mass is 16.3. The molecule has 1 amide bonds. The Kier molecular flexibility index (Phi) is 5.18. The monoisotopic (exact) mass is 265 g/mol. The predicted molar refractivity (Wildman–Crippen MR) is 78.3 cm³/mol. The summed E-state index contributed by atoms with van der Waals surface area (Å²) in [5.74, 6) is -0.152. The molecule has 0 bridgehead atoms. The summed E-state index contributed by atoms with van der Waals surface area (Å²) in [6.45, 7) is 6.45. The van der Waals surface area contributed by atoms with Crippen LogP contribution in [-0.4, -0.2) is 29.7 Å². The van der Waals surface area contributed by atoms with Crippen LogP contribution < -0.4 is 16.4 Å². The van der Waals surface area contributed by atoms with E-state index in [4.69, 9.17) is 5.73 Å². The van der Waals surface area contributed by atoms with Gasteiger partial charge in [0, 0.05) is 24.5 Å². The van der Waals surface area contributed by atoms with Gasteiger partial charge in [0.15, 0.2) is 0 Å². The van der Waals surface area contributed by atoms with Gasteiger partial charge in [-0.25, -0.2) is 0 Å². The molecule has 1 aromatic carbocycles. The molecule has 0 heterocycles. The summed E-state index contributed by atoms with van der Waals surface area (Å²) in [5.41, 5.74) is 6.67. The maximum absolute atomic E-state index is 11.9. The molecule has 0 aliphatic heterocycles. The molecule has 1 unspecified atom stereocenters. The van der Waals surface area contributed by atoms with Crippen LogP contribution in [-0.2, 0) is 0 Å². The molecule has 0 aromatic heterocycles. The van der Waals surface area contributed by atoms with E-state index >= 15 is 0 Å². The Hall–Kier alpha value is -1.75. The van der Waals surface area contributed by atoms with Crippen LogP contribution in [0.25, 0.3) is 0 Å². The Morgan fingerprint density at radius 1 is 1.42 bits per heavy atom. The largest absolute Gasteiger partial charge is 0.399 e. The van der Waals surface area contributed by atoms with E-state index in [1.807, 2.05) is 13.8 Å². The average Bonchev–Trinajstić information content (AvgIpc) is 2.37.